The van der Waals surface area contributed by atoms with Crippen LogP contribution < -0.4 is 0 Å². The number of piperazine rings is 1. The van der Waals surface area contributed by atoms with Crippen LogP contribution >= 0.6 is 21.6 Å². The van der Waals surface area contributed by atoms with Crippen LogP contribution in [0.1, 0.15) is 229 Å². The number of ether oxygens (including phenoxy) is 5. The Bertz CT molecular complexity index is 1610. The highest BCUT2D eigenvalue weighted by Gasteiger charge is 2.21. The lowest BCUT2D eigenvalue weighted by atomic mass is 10.1. The standard InChI is InChI=1S/C67H128N4O14S2/c1-55(2)32-44-81-63(76)27-15-11-9-13-23-59(72)53-71(54-60(73)24-14-10-12-16-28-64(77)82-45-33-56(3)4)37-22-49-86-87-50-43-69-40-38-68(39-41-69)42-48-85-67(80)31-21-36-70(51-61(74)25-17-19-29-65(78)83-46-34-57(5)6)52-62(75)26-18-20-30-66(79)84-47-35-58(7)8/h55-62,72-75H,9-54H2,1-8H3. The molecule has 18 nitrogen and oxygen atoms in total. The molecule has 4 N–H and O–H groups in total. The monoisotopic (exact) mass is 1280 g/mol. The van der Waals surface area contributed by atoms with Gasteiger partial charge in [-0.15, -0.1) is 0 Å². The zero-order valence-electron chi connectivity index (χ0n) is 56.1. The van der Waals surface area contributed by atoms with Gasteiger partial charge in [0.2, 0.25) is 0 Å². The van der Waals surface area contributed by atoms with E-state index in [4.69, 9.17) is 23.7 Å². The molecule has 0 aliphatic carbocycles. The zero-order valence-corrected chi connectivity index (χ0v) is 57.8. The van der Waals surface area contributed by atoms with Gasteiger partial charge in [-0.1, -0.05) is 128 Å². The van der Waals surface area contributed by atoms with E-state index in [2.05, 4.69) is 70.1 Å². The first-order chi connectivity index (χ1) is 41.7. The topological polar surface area (TPSA) is 225 Å². The van der Waals surface area contributed by atoms with Crippen LogP contribution in [-0.2, 0) is 47.7 Å². The molecule has 4 atom stereocenters. The normalized spacial score (nSPS) is 14.8. The van der Waals surface area contributed by atoms with E-state index in [0.717, 1.165) is 134 Å². The fourth-order valence-electron chi connectivity index (χ4n) is 9.97. The van der Waals surface area contributed by atoms with E-state index in [1.807, 2.05) is 26.5 Å². The van der Waals surface area contributed by atoms with Crippen LogP contribution in [0.25, 0.3) is 0 Å². The summed E-state index contributed by atoms with van der Waals surface area (Å²) in [7, 11) is 3.77. The molecule has 0 radical (unpaired) electrons. The smallest absolute Gasteiger partial charge is 0.305 e. The number of hydrogen-bond donors (Lipinski definition) is 4. The van der Waals surface area contributed by atoms with E-state index in [-0.39, 0.29) is 36.3 Å². The molecule has 0 aromatic rings. The molecule has 1 aliphatic rings. The van der Waals surface area contributed by atoms with Crippen LogP contribution in [0.5, 0.6) is 0 Å². The SMILES string of the molecule is CC(C)CCOC(=O)CCCCCCC(O)CN(CCCSSCCN1CCN(CCOC(=O)CCCN(CC(O)CCCCC(=O)OCCC(C)C)CC(O)CCCCC(=O)OCCC(C)C)CC1)CC(O)CCCCCCC(=O)OCCC(C)C. The summed E-state index contributed by atoms with van der Waals surface area (Å²) in [4.78, 5) is 70.3. The molecular weight excluding hydrogens is 1150 g/mol. The molecule has 0 saturated carbocycles. The molecular formula is C67H128N4O14S2. The molecule has 1 fully saturated rings. The van der Waals surface area contributed by atoms with Crippen molar-refractivity contribution in [3.8, 4) is 0 Å². The molecule has 0 aromatic carbocycles. The molecule has 0 bridgehead atoms. The molecule has 1 aliphatic heterocycles. The number of carbonyl (C=O) groups excluding carboxylic acids is 5. The maximum absolute atomic E-state index is 12.9. The number of aliphatic hydroxyl groups is 4. The number of aliphatic hydroxyl groups excluding tert-OH is 4. The summed E-state index contributed by atoms with van der Waals surface area (Å²) in [5, 5.41) is 44.1. The number of carbonyl (C=O) groups is 5. The fourth-order valence-corrected chi connectivity index (χ4v) is 12.1. The third-order valence-corrected chi connectivity index (χ3v) is 18.1. The molecule has 0 spiro atoms. The van der Waals surface area contributed by atoms with E-state index in [1.54, 1.807) is 0 Å². The first-order valence-corrected chi connectivity index (χ1v) is 36.8. The van der Waals surface area contributed by atoms with Crippen LogP contribution in [0.4, 0.5) is 0 Å². The van der Waals surface area contributed by atoms with Gasteiger partial charge >= 0.3 is 29.8 Å². The van der Waals surface area contributed by atoms with Crippen LogP contribution in [0, 0.1) is 23.7 Å². The third-order valence-electron chi connectivity index (χ3n) is 15.6. The largest absolute Gasteiger partial charge is 0.466 e. The van der Waals surface area contributed by atoms with Crippen molar-refractivity contribution < 1.29 is 68.1 Å². The predicted molar refractivity (Wildman–Crippen MR) is 354 cm³/mol. The predicted octanol–water partition coefficient (Wildman–Crippen LogP) is 10.9. The van der Waals surface area contributed by atoms with Crippen LogP contribution in [-0.4, -0.2) is 217 Å². The second kappa shape index (κ2) is 55.4. The van der Waals surface area contributed by atoms with E-state index in [0.29, 0.717) is 179 Å². The zero-order chi connectivity index (χ0) is 64.3. The van der Waals surface area contributed by atoms with E-state index >= 15 is 0 Å². The fraction of sp³-hybridized carbons (Fsp3) is 0.925. The number of unbranched alkanes of at least 4 members (excludes halogenated alkanes) is 8. The van der Waals surface area contributed by atoms with Gasteiger partial charge in [0.25, 0.3) is 0 Å². The minimum atomic E-state index is -0.652. The third kappa shape index (κ3) is 54.0. The summed E-state index contributed by atoms with van der Waals surface area (Å²) in [5.74, 6) is 3.02. The summed E-state index contributed by atoms with van der Waals surface area (Å²) >= 11 is 0. The van der Waals surface area contributed by atoms with Crippen molar-refractivity contribution in [2.75, 3.05) is 123 Å². The van der Waals surface area contributed by atoms with Crippen LogP contribution in [0.15, 0.2) is 0 Å². The number of nitrogens with zero attached hydrogens (tertiary/aromatic N) is 4. The summed E-state index contributed by atoms with van der Waals surface area (Å²) in [6, 6.07) is 0. The Balaban J connectivity index is 2.48. The molecule has 1 saturated heterocycles. The Kier molecular flexibility index (Phi) is 52.7. The van der Waals surface area contributed by atoms with Gasteiger partial charge in [0.15, 0.2) is 0 Å². The van der Waals surface area contributed by atoms with Gasteiger partial charge in [0.1, 0.15) is 6.61 Å². The highest BCUT2D eigenvalue weighted by atomic mass is 33.1. The first-order valence-electron chi connectivity index (χ1n) is 34.3. The van der Waals surface area contributed by atoms with E-state index < -0.39 is 24.4 Å². The Morgan fingerprint density at radius 3 is 0.977 bits per heavy atom. The lowest BCUT2D eigenvalue weighted by Gasteiger charge is -2.34. The number of hydrogen-bond acceptors (Lipinski definition) is 20. The second-order valence-electron chi connectivity index (χ2n) is 26.1. The highest BCUT2D eigenvalue weighted by Crippen LogP contribution is 2.23. The van der Waals surface area contributed by atoms with Gasteiger partial charge in [-0.25, -0.2) is 0 Å². The van der Waals surface area contributed by atoms with Gasteiger partial charge in [0, 0.05) is 109 Å². The maximum Gasteiger partial charge on any atom is 0.305 e. The molecule has 1 heterocycles. The first kappa shape index (κ1) is 82.7. The van der Waals surface area contributed by atoms with Gasteiger partial charge in [-0.3, -0.25) is 43.6 Å². The average Bonchev–Trinajstić information content (AvgIpc) is 3.48. The molecule has 0 amide bonds. The van der Waals surface area contributed by atoms with Crippen molar-refractivity contribution in [2.24, 2.45) is 23.7 Å². The Labute approximate surface area is 536 Å². The lowest BCUT2D eigenvalue weighted by Crippen LogP contribution is -2.47. The van der Waals surface area contributed by atoms with Gasteiger partial charge < -0.3 is 44.1 Å². The van der Waals surface area contributed by atoms with Crippen molar-refractivity contribution in [3.63, 3.8) is 0 Å². The van der Waals surface area contributed by atoms with Crippen molar-refractivity contribution in [3.05, 3.63) is 0 Å². The lowest BCUT2D eigenvalue weighted by molar-refractivity contribution is -0.145. The minimum Gasteiger partial charge on any atom is -0.466 e. The Morgan fingerprint density at radius 1 is 0.345 bits per heavy atom. The molecule has 0 aromatic heterocycles. The highest BCUT2D eigenvalue weighted by molar-refractivity contribution is 8.76. The number of esters is 5. The Hall–Kier alpha value is -2.27. The van der Waals surface area contributed by atoms with E-state index in [9.17, 15) is 44.4 Å². The van der Waals surface area contributed by atoms with Crippen LogP contribution in [0.2, 0.25) is 0 Å². The van der Waals surface area contributed by atoms with Gasteiger partial charge in [-0.2, -0.15) is 0 Å². The van der Waals surface area contributed by atoms with Gasteiger partial charge in [-0.05, 0) is 127 Å². The summed E-state index contributed by atoms with van der Waals surface area (Å²) in [6.07, 6.45) is 16.5. The van der Waals surface area contributed by atoms with E-state index in [1.165, 1.54) is 0 Å². The number of rotatable bonds is 59. The van der Waals surface area contributed by atoms with Gasteiger partial charge in [0.05, 0.1) is 50.8 Å². The summed E-state index contributed by atoms with van der Waals surface area (Å²) in [6.45, 7) is 27.5. The molecule has 87 heavy (non-hydrogen) atoms. The Morgan fingerprint density at radius 2 is 0.621 bits per heavy atom. The molecule has 1 rings (SSSR count). The van der Waals surface area contributed by atoms with Crippen molar-refractivity contribution in [1.82, 2.24) is 19.6 Å². The molecule has 4 unspecified atom stereocenters. The van der Waals surface area contributed by atoms with Crippen molar-refractivity contribution in [1.29, 1.82) is 0 Å². The quantitative estimate of drug-likeness (QED) is 0.0192. The van der Waals surface area contributed by atoms with Crippen molar-refractivity contribution in [2.45, 2.75) is 253 Å². The van der Waals surface area contributed by atoms with Crippen molar-refractivity contribution >= 4 is 51.4 Å². The second-order valence-corrected chi connectivity index (χ2v) is 28.9. The minimum absolute atomic E-state index is 0.124. The summed E-state index contributed by atoms with van der Waals surface area (Å²) < 4.78 is 27.0. The molecule has 20 heteroatoms. The maximum atomic E-state index is 12.9. The molecule has 512 valence electrons. The average molecular weight is 1280 g/mol. The van der Waals surface area contributed by atoms with Crippen LogP contribution in [0.3, 0.4) is 0 Å². The summed E-state index contributed by atoms with van der Waals surface area (Å²) in [5.41, 5.74) is 0.